The highest BCUT2D eigenvalue weighted by molar-refractivity contribution is 5.19. The summed E-state index contributed by atoms with van der Waals surface area (Å²) in [7, 11) is 0. The van der Waals surface area contributed by atoms with E-state index >= 15 is 0 Å². The summed E-state index contributed by atoms with van der Waals surface area (Å²) in [5.41, 5.74) is 0.564. The smallest absolute Gasteiger partial charge is 0.414 e. The van der Waals surface area contributed by atoms with Crippen molar-refractivity contribution in [2.45, 2.75) is 39.2 Å². The first kappa shape index (κ1) is 9.24. The van der Waals surface area contributed by atoms with Gasteiger partial charge in [0.15, 0.2) is 0 Å². The molecule has 0 aliphatic heterocycles. The zero-order valence-corrected chi connectivity index (χ0v) is 8.21. The van der Waals surface area contributed by atoms with Crippen LogP contribution in [0.15, 0.2) is 14.0 Å². The Kier molecular flexibility index (Phi) is 2.27. The van der Waals surface area contributed by atoms with Gasteiger partial charge in [-0.3, -0.25) is 4.79 Å². The average molecular weight is 195 g/mol. The molecule has 0 amide bonds. The lowest BCUT2D eigenvalue weighted by Crippen LogP contribution is -2.34. The fourth-order valence-electron chi connectivity index (χ4n) is 1.88. The van der Waals surface area contributed by atoms with Crippen LogP contribution in [-0.4, -0.2) is 4.57 Å². The van der Waals surface area contributed by atoms with Crippen LogP contribution in [-0.2, 0) is 19.4 Å². The molecule has 0 spiro atoms. The van der Waals surface area contributed by atoms with Gasteiger partial charge in [0.1, 0.15) is 5.76 Å². The van der Waals surface area contributed by atoms with Gasteiger partial charge in [-0.1, -0.05) is 6.92 Å². The van der Waals surface area contributed by atoms with Gasteiger partial charge in [-0.15, -0.1) is 0 Å². The Morgan fingerprint density at radius 3 is 2.86 bits per heavy atom. The first-order valence-corrected chi connectivity index (χ1v) is 4.99. The highest BCUT2D eigenvalue weighted by Gasteiger charge is 2.20. The van der Waals surface area contributed by atoms with Crippen molar-refractivity contribution < 1.29 is 4.42 Å². The monoisotopic (exact) mass is 195 g/mol. The number of aromatic nitrogens is 1. The second-order valence-corrected chi connectivity index (χ2v) is 3.58. The molecule has 0 aromatic carbocycles. The molecule has 4 heteroatoms. The number of hydrogen-bond donors (Lipinski definition) is 0. The van der Waals surface area contributed by atoms with Crippen molar-refractivity contribution >= 4 is 0 Å². The van der Waals surface area contributed by atoms with Crippen molar-refractivity contribution in [2.24, 2.45) is 0 Å². The summed E-state index contributed by atoms with van der Waals surface area (Å²) < 4.78 is 6.29. The third kappa shape index (κ3) is 1.31. The number of nitrogens with zero attached hydrogens (tertiary/aromatic N) is 1. The molecule has 1 heterocycles. The van der Waals surface area contributed by atoms with E-state index in [4.69, 9.17) is 4.42 Å². The van der Waals surface area contributed by atoms with Gasteiger partial charge in [-0.25, -0.2) is 9.36 Å². The molecule has 1 aromatic heterocycles. The first-order chi connectivity index (χ1) is 6.74. The molecule has 1 aliphatic carbocycles. The van der Waals surface area contributed by atoms with Gasteiger partial charge in [0.25, 0.3) is 5.56 Å². The SMILES string of the molecule is CCCn1c(=O)oc2c(c1=O)CCC2. The topological polar surface area (TPSA) is 52.2 Å². The summed E-state index contributed by atoms with van der Waals surface area (Å²) in [4.78, 5) is 23.2. The second-order valence-electron chi connectivity index (χ2n) is 3.58. The largest absolute Gasteiger partial charge is 0.421 e. The summed E-state index contributed by atoms with van der Waals surface area (Å²) in [5.74, 6) is 0.102. The van der Waals surface area contributed by atoms with Gasteiger partial charge in [-0.2, -0.15) is 0 Å². The molecule has 0 N–H and O–H groups in total. The van der Waals surface area contributed by atoms with E-state index in [1.165, 1.54) is 4.57 Å². The van der Waals surface area contributed by atoms with Crippen LogP contribution in [0.25, 0.3) is 0 Å². The lowest BCUT2D eigenvalue weighted by atomic mass is 10.3. The minimum atomic E-state index is -0.502. The lowest BCUT2D eigenvalue weighted by Gasteiger charge is -2.03. The first-order valence-electron chi connectivity index (χ1n) is 4.99. The van der Waals surface area contributed by atoms with Crippen LogP contribution in [0.2, 0.25) is 0 Å². The zero-order chi connectivity index (χ0) is 10.1. The van der Waals surface area contributed by atoms with Gasteiger partial charge in [0.2, 0.25) is 0 Å². The molecular formula is C10H13NO3. The molecule has 0 fully saturated rings. The van der Waals surface area contributed by atoms with Crippen molar-refractivity contribution in [1.29, 1.82) is 0 Å². The van der Waals surface area contributed by atoms with Gasteiger partial charge in [0, 0.05) is 13.0 Å². The molecule has 0 radical (unpaired) electrons. The molecule has 76 valence electrons. The second kappa shape index (κ2) is 3.44. The molecule has 0 bridgehead atoms. The lowest BCUT2D eigenvalue weighted by molar-refractivity contribution is 0.389. The van der Waals surface area contributed by atoms with Crippen LogP contribution in [0.4, 0.5) is 0 Å². The predicted molar refractivity (Wildman–Crippen MR) is 51.6 cm³/mol. The highest BCUT2D eigenvalue weighted by Crippen LogP contribution is 2.15. The van der Waals surface area contributed by atoms with Gasteiger partial charge in [-0.05, 0) is 19.3 Å². The van der Waals surface area contributed by atoms with Crippen LogP contribution in [0, 0.1) is 0 Å². The number of fused-ring (bicyclic) bond motifs is 1. The quantitative estimate of drug-likeness (QED) is 0.698. The third-order valence-electron chi connectivity index (χ3n) is 2.55. The average Bonchev–Trinajstić information content (AvgIpc) is 2.60. The van der Waals surface area contributed by atoms with Crippen LogP contribution in [0.1, 0.15) is 31.1 Å². The van der Waals surface area contributed by atoms with Gasteiger partial charge in [0.05, 0.1) is 5.56 Å². The Bertz CT molecular complexity index is 455. The molecular weight excluding hydrogens is 182 g/mol. The summed E-state index contributed by atoms with van der Waals surface area (Å²) in [6.07, 6.45) is 3.17. The van der Waals surface area contributed by atoms with E-state index in [1.54, 1.807) is 0 Å². The molecule has 0 saturated heterocycles. The van der Waals surface area contributed by atoms with Crippen LogP contribution < -0.4 is 11.3 Å². The van der Waals surface area contributed by atoms with Crippen molar-refractivity contribution in [3.8, 4) is 0 Å². The maximum Gasteiger partial charge on any atom is 0.421 e. The van der Waals surface area contributed by atoms with Crippen LogP contribution in [0.5, 0.6) is 0 Å². The van der Waals surface area contributed by atoms with Crippen LogP contribution in [0.3, 0.4) is 0 Å². The maximum atomic E-state index is 11.8. The van der Waals surface area contributed by atoms with E-state index in [0.717, 1.165) is 25.7 Å². The summed E-state index contributed by atoms with van der Waals surface area (Å²) >= 11 is 0. The molecule has 1 aliphatic rings. The molecule has 0 atom stereocenters. The number of rotatable bonds is 2. The van der Waals surface area contributed by atoms with Crippen molar-refractivity contribution in [2.75, 3.05) is 0 Å². The Morgan fingerprint density at radius 1 is 1.36 bits per heavy atom. The summed E-state index contributed by atoms with van der Waals surface area (Å²) in [6.45, 7) is 2.38. The van der Waals surface area contributed by atoms with E-state index in [9.17, 15) is 9.59 Å². The summed E-state index contributed by atoms with van der Waals surface area (Å²) in [5, 5.41) is 0. The standard InChI is InChI=1S/C10H13NO3/c1-2-6-11-9(12)7-4-3-5-8(7)14-10(11)13/h2-6H2,1H3. The minimum absolute atomic E-state index is 0.143. The summed E-state index contributed by atoms with van der Waals surface area (Å²) in [6, 6.07) is 0. The van der Waals surface area contributed by atoms with E-state index < -0.39 is 5.76 Å². The van der Waals surface area contributed by atoms with E-state index in [0.29, 0.717) is 17.9 Å². The molecule has 1 aromatic rings. The Balaban J connectivity index is 2.63. The Hall–Kier alpha value is -1.32. The predicted octanol–water partition coefficient (Wildman–Crippen LogP) is 0.700. The van der Waals surface area contributed by atoms with Gasteiger partial charge >= 0.3 is 5.76 Å². The van der Waals surface area contributed by atoms with E-state index in [-0.39, 0.29) is 5.56 Å². The van der Waals surface area contributed by atoms with Crippen molar-refractivity contribution in [3.63, 3.8) is 0 Å². The molecule has 0 unspecified atom stereocenters. The van der Waals surface area contributed by atoms with Gasteiger partial charge < -0.3 is 4.42 Å². The minimum Gasteiger partial charge on any atom is -0.414 e. The molecule has 4 nitrogen and oxygen atoms in total. The highest BCUT2D eigenvalue weighted by atomic mass is 16.4. The zero-order valence-electron chi connectivity index (χ0n) is 8.21. The maximum absolute atomic E-state index is 11.8. The molecule has 0 saturated carbocycles. The number of hydrogen-bond acceptors (Lipinski definition) is 3. The fraction of sp³-hybridized carbons (Fsp3) is 0.600. The van der Waals surface area contributed by atoms with Crippen molar-refractivity contribution in [3.05, 3.63) is 32.2 Å². The van der Waals surface area contributed by atoms with Crippen LogP contribution >= 0.6 is 0 Å². The molecule has 2 rings (SSSR count). The van der Waals surface area contributed by atoms with Crippen molar-refractivity contribution in [1.82, 2.24) is 4.57 Å². The Morgan fingerprint density at radius 2 is 2.14 bits per heavy atom. The number of aryl methyl sites for hydroxylation is 1. The Labute approximate surface area is 81.2 Å². The molecule has 14 heavy (non-hydrogen) atoms. The fourth-order valence-corrected chi connectivity index (χ4v) is 1.88. The third-order valence-corrected chi connectivity index (χ3v) is 2.55. The van der Waals surface area contributed by atoms with E-state index in [1.807, 2.05) is 6.92 Å². The van der Waals surface area contributed by atoms with E-state index in [2.05, 4.69) is 0 Å². The normalized spacial score (nSPS) is 14.4.